The number of hydrogen-bond acceptors (Lipinski definition) is 3. The Bertz CT molecular complexity index is 611. The van der Waals surface area contributed by atoms with Crippen molar-refractivity contribution in [1.29, 1.82) is 0 Å². The highest BCUT2D eigenvalue weighted by atomic mass is 35.5. The lowest BCUT2D eigenvalue weighted by Crippen LogP contribution is -2.54. The summed E-state index contributed by atoms with van der Waals surface area (Å²) in [5.74, 6) is -0.00454. The smallest absolute Gasteiger partial charge is 0.224 e. The van der Waals surface area contributed by atoms with Gasteiger partial charge < -0.3 is 15.8 Å². The average molecular weight is 365 g/mol. The summed E-state index contributed by atoms with van der Waals surface area (Å²) in [6, 6.07) is 8.00. The van der Waals surface area contributed by atoms with Gasteiger partial charge in [-0.3, -0.25) is 4.79 Å². The van der Waals surface area contributed by atoms with Crippen LogP contribution in [0.4, 0.5) is 0 Å². The molecule has 25 heavy (non-hydrogen) atoms. The summed E-state index contributed by atoms with van der Waals surface area (Å²) in [7, 11) is 0. The maximum absolute atomic E-state index is 12.8. The molecule has 1 saturated carbocycles. The van der Waals surface area contributed by atoms with E-state index in [0.29, 0.717) is 19.8 Å². The minimum atomic E-state index is -0.402. The fourth-order valence-corrected chi connectivity index (χ4v) is 4.51. The predicted molar refractivity (Wildman–Crippen MR) is 101 cm³/mol. The van der Waals surface area contributed by atoms with Crippen molar-refractivity contribution in [2.24, 2.45) is 11.7 Å². The molecule has 4 nitrogen and oxygen atoms in total. The van der Waals surface area contributed by atoms with E-state index in [1.807, 2.05) is 25.1 Å². The number of nitrogens with two attached hydrogens (primary N) is 1. The summed E-state index contributed by atoms with van der Waals surface area (Å²) < 4.78 is 5.57. The molecule has 3 rings (SSSR count). The Morgan fingerprint density at radius 1 is 1.32 bits per heavy atom. The Labute approximate surface area is 155 Å². The Kier molecular flexibility index (Phi) is 5.71. The van der Waals surface area contributed by atoms with Gasteiger partial charge in [0, 0.05) is 35.7 Å². The summed E-state index contributed by atoms with van der Waals surface area (Å²) in [5.41, 5.74) is 7.07. The molecule has 138 valence electrons. The highest BCUT2D eigenvalue weighted by molar-refractivity contribution is 6.30. The number of ether oxygens (including phenoxy) is 1. The molecule has 0 aromatic heterocycles. The van der Waals surface area contributed by atoms with Crippen molar-refractivity contribution in [2.75, 3.05) is 19.8 Å². The van der Waals surface area contributed by atoms with Crippen molar-refractivity contribution in [3.63, 3.8) is 0 Å². The third-order valence-corrected chi connectivity index (χ3v) is 6.29. The van der Waals surface area contributed by atoms with Crippen LogP contribution in [0.3, 0.4) is 0 Å². The Morgan fingerprint density at radius 2 is 2.08 bits per heavy atom. The number of benzene rings is 1. The molecular weight excluding hydrogens is 336 g/mol. The molecule has 1 aliphatic heterocycles. The SMILES string of the molecule is CC1(N)CCCCC1C(=O)NCC1(c2cccc(Cl)c2)CCOCC1. The molecule has 2 unspecified atom stereocenters. The van der Waals surface area contributed by atoms with Crippen LogP contribution in [0.25, 0.3) is 0 Å². The van der Waals surface area contributed by atoms with E-state index in [9.17, 15) is 4.79 Å². The van der Waals surface area contributed by atoms with E-state index in [2.05, 4.69) is 11.4 Å². The van der Waals surface area contributed by atoms with Crippen LogP contribution in [0.15, 0.2) is 24.3 Å². The Morgan fingerprint density at radius 3 is 2.76 bits per heavy atom. The van der Waals surface area contributed by atoms with Crippen LogP contribution in [0.5, 0.6) is 0 Å². The predicted octanol–water partition coefficient (Wildman–Crippen LogP) is 3.41. The van der Waals surface area contributed by atoms with Crippen LogP contribution in [0, 0.1) is 5.92 Å². The molecule has 3 N–H and O–H groups in total. The standard InChI is InChI=1S/C20H29ClN2O2/c1-19(22)8-3-2-7-17(19)18(24)23-14-20(9-11-25-12-10-20)15-5-4-6-16(21)13-15/h4-6,13,17H,2-3,7-12,14,22H2,1H3,(H,23,24). The van der Waals surface area contributed by atoms with Crippen molar-refractivity contribution >= 4 is 17.5 Å². The van der Waals surface area contributed by atoms with Crippen LogP contribution in [0.2, 0.25) is 5.02 Å². The van der Waals surface area contributed by atoms with Gasteiger partial charge in [0.05, 0.1) is 5.92 Å². The van der Waals surface area contributed by atoms with Crippen LogP contribution in [-0.4, -0.2) is 31.2 Å². The zero-order valence-corrected chi connectivity index (χ0v) is 15.8. The van der Waals surface area contributed by atoms with E-state index in [-0.39, 0.29) is 17.2 Å². The summed E-state index contributed by atoms with van der Waals surface area (Å²) in [6.45, 7) is 4.04. The first kappa shape index (κ1) is 18.7. The topological polar surface area (TPSA) is 64.4 Å². The molecule has 1 aromatic carbocycles. The third-order valence-electron chi connectivity index (χ3n) is 6.06. The molecule has 5 heteroatoms. The van der Waals surface area contributed by atoms with Gasteiger partial charge in [-0.1, -0.05) is 36.6 Å². The highest BCUT2D eigenvalue weighted by Gasteiger charge is 2.40. The number of halogens is 1. The molecule has 2 atom stereocenters. The zero-order valence-electron chi connectivity index (χ0n) is 15.0. The number of rotatable bonds is 4. The van der Waals surface area contributed by atoms with Crippen molar-refractivity contribution in [3.05, 3.63) is 34.9 Å². The maximum Gasteiger partial charge on any atom is 0.224 e. The minimum Gasteiger partial charge on any atom is -0.381 e. The van der Waals surface area contributed by atoms with Gasteiger partial charge in [0.2, 0.25) is 5.91 Å². The van der Waals surface area contributed by atoms with Crippen molar-refractivity contribution in [2.45, 2.75) is 56.4 Å². The van der Waals surface area contributed by atoms with Crippen LogP contribution in [0.1, 0.15) is 51.0 Å². The van der Waals surface area contributed by atoms with Gasteiger partial charge in [0.1, 0.15) is 0 Å². The van der Waals surface area contributed by atoms with Gasteiger partial charge in [0.25, 0.3) is 0 Å². The highest BCUT2D eigenvalue weighted by Crippen LogP contribution is 2.36. The second kappa shape index (κ2) is 7.65. The normalized spacial score (nSPS) is 29.2. The van der Waals surface area contributed by atoms with Gasteiger partial charge in [-0.05, 0) is 50.3 Å². The number of nitrogens with one attached hydrogen (secondary N) is 1. The van der Waals surface area contributed by atoms with Crippen molar-refractivity contribution in [1.82, 2.24) is 5.32 Å². The van der Waals surface area contributed by atoms with Gasteiger partial charge >= 0.3 is 0 Å². The van der Waals surface area contributed by atoms with Gasteiger partial charge in [0.15, 0.2) is 0 Å². The summed E-state index contributed by atoms with van der Waals surface area (Å²) in [4.78, 5) is 12.8. The average Bonchev–Trinajstić information content (AvgIpc) is 2.60. The maximum atomic E-state index is 12.8. The fourth-order valence-electron chi connectivity index (χ4n) is 4.32. The molecule has 1 aliphatic carbocycles. The number of amides is 1. The van der Waals surface area contributed by atoms with E-state index in [1.165, 1.54) is 5.56 Å². The molecule has 0 radical (unpaired) electrons. The first-order valence-corrected chi connectivity index (χ1v) is 9.71. The lowest BCUT2D eigenvalue weighted by atomic mass is 9.72. The van der Waals surface area contributed by atoms with E-state index >= 15 is 0 Å². The first-order valence-electron chi connectivity index (χ1n) is 9.33. The fraction of sp³-hybridized carbons (Fsp3) is 0.650. The van der Waals surface area contributed by atoms with Crippen LogP contribution in [-0.2, 0) is 14.9 Å². The number of hydrogen-bond donors (Lipinski definition) is 2. The second-order valence-corrected chi connectivity index (χ2v) is 8.36. The Hall–Kier alpha value is -1.10. The van der Waals surface area contributed by atoms with E-state index in [1.54, 1.807) is 0 Å². The van der Waals surface area contributed by atoms with Crippen molar-refractivity contribution in [3.8, 4) is 0 Å². The largest absolute Gasteiger partial charge is 0.381 e. The molecule has 2 aliphatic rings. The quantitative estimate of drug-likeness (QED) is 0.860. The second-order valence-electron chi connectivity index (χ2n) is 7.93. The van der Waals surface area contributed by atoms with Crippen LogP contribution < -0.4 is 11.1 Å². The molecular formula is C20H29ClN2O2. The zero-order chi connectivity index (χ0) is 17.9. The monoisotopic (exact) mass is 364 g/mol. The lowest BCUT2D eigenvalue weighted by Gasteiger charge is -2.40. The third kappa shape index (κ3) is 4.18. The Balaban J connectivity index is 1.74. The molecule has 0 bridgehead atoms. The van der Waals surface area contributed by atoms with Crippen LogP contribution >= 0.6 is 11.6 Å². The summed E-state index contributed by atoms with van der Waals surface area (Å²) in [6.07, 6.45) is 5.76. The van der Waals surface area contributed by atoms with E-state index < -0.39 is 5.54 Å². The summed E-state index contributed by atoms with van der Waals surface area (Å²) >= 11 is 6.21. The van der Waals surface area contributed by atoms with E-state index in [0.717, 1.165) is 43.5 Å². The van der Waals surface area contributed by atoms with Gasteiger partial charge in [-0.15, -0.1) is 0 Å². The minimum absolute atomic E-state index is 0.0950. The summed E-state index contributed by atoms with van der Waals surface area (Å²) in [5, 5.41) is 3.95. The lowest BCUT2D eigenvalue weighted by molar-refractivity contribution is -0.128. The van der Waals surface area contributed by atoms with Gasteiger partial charge in [-0.25, -0.2) is 0 Å². The molecule has 2 fully saturated rings. The molecule has 1 aromatic rings. The molecule has 1 heterocycles. The molecule has 1 saturated heterocycles. The van der Waals surface area contributed by atoms with E-state index in [4.69, 9.17) is 22.1 Å². The first-order chi connectivity index (χ1) is 11.9. The van der Waals surface area contributed by atoms with Crippen molar-refractivity contribution < 1.29 is 9.53 Å². The molecule has 0 spiro atoms. The van der Waals surface area contributed by atoms with Gasteiger partial charge in [-0.2, -0.15) is 0 Å². The number of carbonyl (C=O) groups is 1. The molecule has 1 amide bonds. The number of carbonyl (C=O) groups excluding carboxylic acids is 1.